The topological polar surface area (TPSA) is 12.0 Å². The van der Waals surface area contributed by atoms with Gasteiger partial charge in [-0.15, -0.1) is 0 Å². The van der Waals surface area contributed by atoms with E-state index in [9.17, 15) is 0 Å². The van der Waals surface area contributed by atoms with Crippen LogP contribution >= 0.6 is 0 Å². The summed E-state index contributed by atoms with van der Waals surface area (Å²) in [6.07, 6.45) is 6.73. The molecule has 2 rings (SSSR count). The number of likely N-dealkylation sites (N-methyl/N-ethyl adjacent to an activating group) is 1. The smallest absolute Gasteiger partial charge is 0.0138 e. The summed E-state index contributed by atoms with van der Waals surface area (Å²) in [6, 6.07) is 9.64. The molecule has 19 heavy (non-hydrogen) atoms. The number of benzene rings is 1. The van der Waals surface area contributed by atoms with Gasteiger partial charge in [-0.1, -0.05) is 56.5 Å². The molecule has 0 aliphatic heterocycles. The van der Waals surface area contributed by atoms with E-state index >= 15 is 0 Å². The summed E-state index contributed by atoms with van der Waals surface area (Å²) in [6.45, 7) is 7.07. The summed E-state index contributed by atoms with van der Waals surface area (Å²) in [4.78, 5) is 0. The Morgan fingerprint density at radius 2 is 1.89 bits per heavy atom. The average Bonchev–Trinajstić information content (AvgIpc) is 2.38. The molecule has 1 fully saturated rings. The Morgan fingerprint density at radius 3 is 2.47 bits per heavy atom. The second-order valence-corrected chi connectivity index (χ2v) is 6.93. The number of rotatable bonds is 4. The molecule has 1 N–H and O–H groups in total. The van der Waals surface area contributed by atoms with Crippen LogP contribution in [0.2, 0.25) is 0 Å². The predicted octanol–water partition coefficient (Wildman–Crippen LogP) is 4.34. The first kappa shape index (κ1) is 14.6. The first-order valence-electron chi connectivity index (χ1n) is 7.76. The van der Waals surface area contributed by atoms with Crippen LogP contribution in [0.3, 0.4) is 0 Å². The van der Waals surface area contributed by atoms with E-state index < -0.39 is 0 Å². The van der Waals surface area contributed by atoms with E-state index in [-0.39, 0.29) is 0 Å². The van der Waals surface area contributed by atoms with Crippen molar-refractivity contribution in [2.75, 3.05) is 7.05 Å². The van der Waals surface area contributed by atoms with Crippen LogP contribution < -0.4 is 5.32 Å². The highest BCUT2D eigenvalue weighted by atomic mass is 14.9. The van der Waals surface area contributed by atoms with Crippen LogP contribution in [0.25, 0.3) is 0 Å². The predicted molar refractivity (Wildman–Crippen MR) is 83.5 cm³/mol. The maximum Gasteiger partial charge on any atom is 0.0138 e. The van der Waals surface area contributed by atoms with Gasteiger partial charge in [-0.2, -0.15) is 0 Å². The van der Waals surface area contributed by atoms with Gasteiger partial charge >= 0.3 is 0 Å². The zero-order chi connectivity index (χ0) is 13.9. The van der Waals surface area contributed by atoms with Gasteiger partial charge in [-0.25, -0.2) is 0 Å². The highest BCUT2D eigenvalue weighted by molar-refractivity contribution is 5.22. The molecule has 1 saturated carbocycles. The SMILES string of the molecule is CNC(Cc1ccc(C)cc1)C1CCCCC1(C)C. The van der Waals surface area contributed by atoms with Gasteiger partial charge in [-0.3, -0.25) is 0 Å². The van der Waals surface area contributed by atoms with Crippen molar-refractivity contribution in [2.45, 2.75) is 58.9 Å². The number of hydrogen-bond acceptors (Lipinski definition) is 1. The summed E-state index contributed by atoms with van der Waals surface area (Å²) in [5.74, 6) is 0.799. The van der Waals surface area contributed by atoms with E-state index in [0.29, 0.717) is 11.5 Å². The Morgan fingerprint density at radius 1 is 1.21 bits per heavy atom. The molecular weight excluding hydrogens is 230 g/mol. The monoisotopic (exact) mass is 259 g/mol. The van der Waals surface area contributed by atoms with Crippen molar-refractivity contribution in [3.63, 3.8) is 0 Å². The zero-order valence-corrected chi connectivity index (χ0v) is 13.0. The molecule has 2 unspecified atom stereocenters. The van der Waals surface area contributed by atoms with Crippen molar-refractivity contribution in [1.29, 1.82) is 0 Å². The van der Waals surface area contributed by atoms with E-state index in [1.54, 1.807) is 0 Å². The molecule has 0 amide bonds. The second-order valence-electron chi connectivity index (χ2n) is 6.93. The van der Waals surface area contributed by atoms with Crippen LogP contribution in [0.5, 0.6) is 0 Å². The maximum atomic E-state index is 3.59. The lowest BCUT2D eigenvalue weighted by molar-refractivity contribution is 0.101. The standard InChI is InChI=1S/C18H29N/c1-14-8-10-15(11-9-14)13-17(19-4)16-7-5-6-12-18(16,2)3/h8-11,16-17,19H,5-7,12-13H2,1-4H3. The lowest BCUT2D eigenvalue weighted by Gasteiger charge is -2.43. The van der Waals surface area contributed by atoms with E-state index in [4.69, 9.17) is 0 Å². The third kappa shape index (κ3) is 3.60. The van der Waals surface area contributed by atoms with Gasteiger partial charge in [0.2, 0.25) is 0 Å². The molecule has 1 aromatic rings. The lowest BCUT2D eigenvalue weighted by Crippen LogP contribution is -2.44. The fraction of sp³-hybridized carbons (Fsp3) is 0.667. The van der Waals surface area contributed by atoms with Crippen molar-refractivity contribution in [2.24, 2.45) is 11.3 Å². The number of hydrogen-bond donors (Lipinski definition) is 1. The molecule has 106 valence electrons. The largest absolute Gasteiger partial charge is 0.316 e. The molecule has 0 radical (unpaired) electrons. The van der Waals surface area contributed by atoms with E-state index in [1.807, 2.05) is 0 Å². The van der Waals surface area contributed by atoms with Crippen molar-refractivity contribution < 1.29 is 0 Å². The summed E-state index contributed by atoms with van der Waals surface area (Å²) in [7, 11) is 2.13. The summed E-state index contributed by atoms with van der Waals surface area (Å²) >= 11 is 0. The third-order valence-electron chi connectivity index (χ3n) is 5.02. The van der Waals surface area contributed by atoms with Crippen molar-refractivity contribution >= 4 is 0 Å². The normalized spacial score (nSPS) is 24.1. The molecule has 1 aliphatic rings. The van der Waals surface area contributed by atoms with Crippen LogP contribution in [-0.4, -0.2) is 13.1 Å². The molecule has 0 saturated heterocycles. The van der Waals surface area contributed by atoms with Crippen LogP contribution in [0.15, 0.2) is 24.3 Å². The highest BCUT2D eigenvalue weighted by Crippen LogP contribution is 2.42. The van der Waals surface area contributed by atoms with Gasteiger partial charge in [0, 0.05) is 6.04 Å². The Labute approximate surface area is 118 Å². The first-order valence-corrected chi connectivity index (χ1v) is 7.76. The molecule has 0 spiro atoms. The molecule has 0 heterocycles. The minimum Gasteiger partial charge on any atom is -0.316 e. The van der Waals surface area contributed by atoms with Gasteiger partial charge in [-0.05, 0) is 50.1 Å². The van der Waals surface area contributed by atoms with Gasteiger partial charge in [0.15, 0.2) is 0 Å². The number of aryl methyl sites for hydroxylation is 1. The van der Waals surface area contributed by atoms with Crippen molar-refractivity contribution in [3.05, 3.63) is 35.4 Å². The summed E-state index contributed by atoms with van der Waals surface area (Å²) in [5.41, 5.74) is 3.30. The lowest BCUT2D eigenvalue weighted by atomic mass is 9.65. The third-order valence-corrected chi connectivity index (χ3v) is 5.02. The first-order chi connectivity index (χ1) is 9.03. The molecule has 1 aliphatic carbocycles. The minimum atomic E-state index is 0.483. The molecular formula is C18H29N. The molecule has 0 aromatic heterocycles. The van der Waals surface area contributed by atoms with E-state index in [1.165, 1.54) is 36.8 Å². The molecule has 1 nitrogen and oxygen atoms in total. The van der Waals surface area contributed by atoms with Crippen LogP contribution in [0.1, 0.15) is 50.7 Å². The Balaban J connectivity index is 2.08. The van der Waals surface area contributed by atoms with Gasteiger partial charge < -0.3 is 5.32 Å². The van der Waals surface area contributed by atoms with Crippen molar-refractivity contribution in [1.82, 2.24) is 5.32 Å². The Kier molecular flexibility index (Phi) is 4.67. The van der Waals surface area contributed by atoms with Crippen molar-refractivity contribution in [3.8, 4) is 0 Å². The Hall–Kier alpha value is -0.820. The van der Waals surface area contributed by atoms with Gasteiger partial charge in [0.05, 0.1) is 0 Å². The fourth-order valence-corrected chi connectivity index (χ4v) is 3.69. The zero-order valence-electron chi connectivity index (χ0n) is 13.0. The Bertz CT molecular complexity index is 391. The van der Waals surface area contributed by atoms with E-state index in [2.05, 4.69) is 57.4 Å². The quantitative estimate of drug-likeness (QED) is 0.848. The molecule has 1 aromatic carbocycles. The van der Waals surface area contributed by atoms with Gasteiger partial charge in [0.1, 0.15) is 0 Å². The van der Waals surface area contributed by atoms with Gasteiger partial charge in [0.25, 0.3) is 0 Å². The van der Waals surface area contributed by atoms with Crippen LogP contribution in [0, 0.1) is 18.3 Å². The van der Waals surface area contributed by atoms with Crippen LogP contribution in [0.4, 0.5) is 0 Å². The minimum absolute atomic E-state index is 0.483. The molecule has 2 atom stereocenters. The highest BCUT2D eigenvalue weighted by Gasteiger charge is 2.36. The second kappa shape index (κ2) is 6.09. The maximum absolute atomic E-state index is 3.59. The fourth-order valence-electron chi connectivity index (χ4n) is 3.69. The molecule has 0 bridgehead atoms. The number of nitrogens with one attached hydrogen (secondary N) is 1. The van der Waals surface area contributed by atoms with E-state index in [0.717, 1.165) is 12.3 Å². The molecule has 1 heteroatoms. The van der Waals surface area contributed by atoms with Crippen LogP contribution in [-0.2, 0) is 6.42 Å². The summed E-state index contributed by atoms with van der Waals surface area (Å²) < 4.78 is 0. The summed E-state index contributed by atoms with van der Waals surface area (Å²) in [5, 5.41) is 3.59. The average molecular weight is 259 g/mol.